The summed E-state index contributed by atoms with van der Waals surface area (Å²) in [5, 5.41) is 0. The quantitative estimate of drug-likeness (QED) is 0.781. The van der Waals surface area contributed by atoms with Crippen LogP contribution in [0.1, 0.15) is 51.7 Å². The molecular formula is C14H19NO2S. The van der Waals surface area contributed by atoms with E-state index >= 15 is 0 Å². The molecule has 4 heteroatoms. The van der Waals surface area contributed by atoms with Crippen LogP contribution in [0.2, 0.25) is 0 Å². The second kappa shape index (κ2) is 3.92. The van der Waals surface area contributed by atoms with Crippen molar-refractivity contribution in [3.8, 4) is 0 Å². The molecule has 0 radical (unpaired) electrons. The zero-order chi connectivity index (χ0) is 13.7. The fraction of sp³-hybridized carbons (Fsp3) is 0.500. The van der Waals surface area contributed by atoms with Crippen molar-refractivity contribution in [1.82, 2.24) is 0 Å². The lowest BCUT2D eigenvalue weighted by molar-refractivity contribution is 0.589. The molecule has 0 saturated carbocycles. The predicted octanol–water partition coefficient (Wildman–Crippen LogP) is 3.35. The van der Waals surface area contributed by atoms with Gasteiger partial charge in [-0.3, -0.25) is 0 Å². The van der Waals surface area contributed by atoms with E-state index in [0.717, 1.165) is 11.1 Å². The number of fused-ring (bicyclic) bond motifs is 1. The van der Waals surface area contributed by atoms with Gasteiger partial charge < -0.3 is 0 Å². The van der Waals surface area contributed by atoms with Crippen molar-refractivity contribution in [2.45, 2.75) is 45.4 Å². The number of sulfonamides is 1. The van der Waals surface area contributed by atoms with Crippen LogP contribution in [0.4, 0.5) is 0 Å². The maximum atomic E-state index is 12.1. The lowest BCUT2D eigenvalue weighted by Crippen LogP contribution is -2.19. The van der Waals surface area contributed by atoms with Crippen molar-refractivity contribution in [2.24, 2.45) is 9.81 Å². The molecule has 0 fully saturated rings. The number of hydrogen-bond acceptors (Lipinski definition) is 2. The normalized spacial score (nSPS) is 17.8. The summed E-state index contributed by atoms with van der Waals surface area (Å²) in [5.41, 5.74) is 2.18. The second-order valence-electron chi connectivity index (χ2n) is 6.08. The maximum absolute atomic E-state index is 12.1. The van der Waals surface area contributed by atoms with Crippen molar-refractivity contribution in [3.63, 3.8) is 0 Å². The molecule has 1 heterocycles. The second-order valence-corrected chi connectivity index (χ2v) is 7.65. The van der Waals surface area contributed by atoms with Gasteiger partial charge in [0.15, 0.2) is 0 Å². The Morgan fingerprint density at radius 1 is 1.17 bits per heavy atom. The SMILES string of the molecule is CC(C)c1ccc2c(c1)S(=O)(=O)N=C2C(C)(C)C. The molecule has 0 unspecified atom stereocenters. The molecule has 1 aromatic carbocycles. The van der Waals surface area contributed by atoms with Gasteiger partial charge >= 0.3 is 0 Å². The molecule has 0 N–H and O–H groups in total. The molecule has 0 atom stereocenters. The summed E-state index contributed by atoms with van der Waals surface area (Å²) < 4.78 is 28.1. The molecule has 18 heavy (non-hydrogen) atoms. The van der Waals surface area contributed by atoms with Crippen LogP contribution in [0.3, 0.4) is 0 Å². The van der Waals surface area contributed by atoms with Gasteiger partial charge in [0, 0.05) is 11.0 Å². The van der Waals surface area contributed by atoms with Crippen molar-refractivity contribution < 1.29 is 8.42 Å². The van der Waals surface area contributed by atoms with Gasteiger partial charge in [0.2, 0.25) is 0 Å². The van der Waals surface area contributed by atoms with Crippen LogP contribution in [0.15, 0.2) is 27.5 Å². The van der Waals surface area contributed by atoms with E-state index < -0.39 is 10.0 Å². The van der Waals surface area contributed by atoms with Crippen LogP contribution >= 0.6 is 0 Å². The van der Waals surface area contributed by atoms with E-state index in [1.54, 1.807) is 6.07 Å². The summed E-state index contributed by atoms with van der Waals surface area (Å²) in [7, 11) is -3.51. The van der Waals surface area contributed by atoms with Gasteiger partial charge in [0.05, 0.1) is 10.6 Å². The third-order valence-electron chi connectivity index (χ3n) is 3.13. The van der Waals surface area contributed by atoms with E-state index in [2.05, 4.69) is 18.2 Å². The topological polar surface area (TPSA) is 46.5 Å². The third-order valence-corrected chi connectivity index (χ3v) is 4.44. The van der Waals surface area contributed by atoms with Crippen molar-refractivity contribution >= 4 is 15.7 Å². The average Bonchev–Trinajstić information content (AvgIpc) is 2.50. The fourth-order valence-corrected chi connectivity index (χ4v) is 3.51. The Kier molecular flexibility index (Phi) is 2.89. The number of benzene rings is 1. The molecule has 0 spiro atoms. The summed E-state index contributed by atoms with van der Waals surface area (Å²) >= 11 is 0. The first kappa shape index (κ1) is 13.3. The molecular weight excluding hydrogens is 246 g/mol. The average molecular weight is 265 g/mol. The van der Waals surface area contributed by atoms with Gasteiger partial charge in [-0.1, -0.05) is 46.8 Å². The van der Waals surface area contributed by atoms with E-state index in [0.29, 0.717) is 16.5 Å². The highest BCUT2D eigenvalue weighted by Crippen LogP contribution is 2.35. The van der Waals surface area contributed by atoms with Gasteiger partial charge in [0.25, 0.3) is 10.0 Å². The van der Waals surface area contributed by atoms with E-state index in [-0.39, 0.29) is 5.41 Å². The molecule has 1 aliphatic heterocycles. The first-order valence-corrected chi connectivity index (χ1v) is 7.57. The summed E-state index contributed by atoms with van der Waals surface area (Å²) in [5.74, 6) is 0.309. The van der Waals surface area contributed by atoms with E-state index in [1.807, 2.05) is 32.9 Å². The molecule has 3 nitrogen and oxygen atoms in total. The van der Waals surface area contributed by atoms with Crippen LogP contribution in [0, 0.1) is 5.41 Å². The molecule has 0 bridgehead atoms. The van der Waals surface area contributed by atoms with Crippen LogP contribution in [-0.4, -0.2) is 14.1 Å². The highest BCUT2D eigenvalue weighted by molar-refractivity contribution is 7.90. The summed E-state index contributed by atoms with van der Waals surface area (Å²) in [6, 6.07) is 5.64. The van der Waals surface area contributed by atoms with Gasteiger partial charge in [-0.05, 0) is 17.5 Å². The Morgan fingerprint density at radius 3 is 2.28 bits per heavy atom. The first-order chi connectivity index (χ1) is 8.13. The molecule has 0 saturated heterocycles. The predicted molar refractivity (Wildman–Crippen MR) is 73.7 cm³/mol. The Balaban J connectivity index is 2.68. The monoisotopic (exact) mass is 265 g/mol. The van der Waals surface area contributed by atoms with Gasteiger partial charge in [-0.15, -0.1) is 0 Å². The van der Waals surface area contributed by atoms with Crippen LogP contribution in [0.25, 0.3) is 0 Å². The van der Waals surface area contributed by atoms with Crippen LogP contribution in [-0.2, 0) is 10.0 Å². The third kappa shape index (κ3) is 2.09. The minimum atomic E-state index is -3.51. The van der Waals surface area contributed by atoms with E-state index in [4.69, 9.17) is 0 Å². The number of rotatable bonds is 1. The lowest BCUT2D eigenvalue weighted by atomic mass is 9.85. The molecule has 0 aliphatic carbocycles. The smallest absolute Gasteiger partial charge is 0.199 e. The van der Waals surface area contributed by atoms with Crippen molar-refractivity contribution in [2.75, 3.05) is 0 Å². The minimum Gasteiger partial charge on any atom is -0.199 e. The van der Waals surface area contributed by atoms with Crippen LogP contribution < -0.4 is 0 Å². The molecule has 0 amide bonds. The fourth-order valence-electron chi connectivity index (χ4n) is 2.07. The molecule has 1 aromatic rings. The Labute approximate surface area is 109 Å². The summed E-state index contributed by atoms with van der Waals surface area (Å²) in [4.78, 5) is 0.360. The largest absolute Gasteiger partial charge is 0.283 e. The highest BCUT2D eigenvalue weighted by Gasteiger charge is 2.35. The van der Waals surface area contributed by atoms with Crippen molar-refractivity contribution in [3.05, 3.63) is 29.3 Å². The number of nitrogens with zero attached hydrogens (tertiary/aromatic N) is 1. The minimum absolute atomic E-state index is 0.266. The zero-order valence-electron chi connectivity index (χ0n) is 11.5. The lowest BCUT2D eigenvalue weighted by Gasteiger charge is -2.18. The Bertz CT molecular complexity index is 620. The molecule has 1 aliphatic rings. The van der Waals surface area contributed by atoms with Crippen LogP contribution in [0.5, 0.6) is 0 Å². The summed E-state index contributed by atoms with van der Waals surface area (Å²) in [6.45, 7) is 10.0. The van der Waals surface area contributed by atoms with Gasteiger partial charge in [-0.2, -0.15) is 12.8 Å². The van der Waals surface area contributed by atoms with Crippen molar-refractivity contribution in [1.29, 1.82) is 0 Å². The standard InChI is InChI=1S/C14H19NO2S/c1-9(2)10-6-7-11-12(8-10)18(16,17)15-13(11)14(3,4)5/h6-9H,1-5H3. The highest BCUT2D eigenvalue weighted by atomic mass is 32.2. The first-order valence-electron chi connectivity index (χ1n) is 6.13. The number of hydrogen-bond donors (Lipinski definition) is 0. The Morgan fingerprint density at radius 2 is 1.78 bits per heavy atom. The zero-order valence-corrected chi connectivity index (χ0v) is 12.3. The molecule has 98 valence electrons. The van der Waals surface area contributed by atoms with E-state index in [1.165, 1.54) is 0 Å². The van der Waals surface area contributed by atoms with Gasteiger partial charge in [0.1, 0.15) is 0 Å². The van der Waals surface area contributed by atoms with Gasteiger partial charge in [-0.25, -0.2) is 0 Å². The maximum Gasteiger partial charge on any atom is 0.283 e. The summed E-state index contributed by atoms with van der Waals surface area (Å²) in [6.07, 6.45) is 0. The van der Waals surface area contributed by atoms with E-state index in [9.17, 15) is 8.42 Å². The molecule has 2 rings (SSSR count). The molecule has 0 aromatic heterocycles. The Hall–Kier alpha value is -1.16.